The molecule has 0 aliphatic carbocycles. The number of rotatable bonds is 4. The summed E-state index contributed by atoms with van der Waals surface area (Å²) in [5.74, 6) is 0. The fourth-order valence-electron chi connectivity index (χ4n) is 1.88. The summed E-state index contributed by atoms with van der Waals surface area (Å²) in [5.41, 5.74) is 2.34. The molecular formula is C15H15Cl2N3O. The molecule has 0 radical (unpaired) electrons. The van der Waals surface area contributed by atoms with E-state index in [0.29, 0.717) is 21.4 Å². The van der Waals surface area contributed by atoms with Gasteiger partial charge in [0.2, 0.25) is 0 Å². The molecular weight excluding hydrogens is 309 g/mol. The van der Waals surface area contributed by atoms with Crippen LogP contribution >= 0.6 is 23.2 Å². The fraction of sp³-hybridized carbons (Fsp3) is 0.133. The van der Waals surface area contributed by atoms with Crippen molar-refractivity contribution in [3.8, 4) is 0 Å². The molecule has 0 aliphatic heterocycles. The lowest BCUT2D eigenvalue weighted by Crippen LogP contribution is -2.19. The number of benzene rings is 2. The van der Waals surface area contributed by atoms with Gasteiger partial charge < -0.3 is 16.0 Å². The normalized spacial score (nSPS) is 10.2. The van der Waals surface area contributed by atoms with Gasteiger partial charge in [0, 0.05) is 28.0 Å². The summed E-state index contributed by atoms with van der Waals surface area (Å²) in [7, 11) is 1.87. The number of carbonyl (C=O) groups excluding carboxylic acids is 1. The lowest BCUT2D eigenvalue weighted by molar-refractivity contribution is 0.262. The highest BCUT2D eigenvalue weighted by molar-refractivity contribution is 6.35. The van der Waals surface area contributed by atoms with Gasteiger partial charge in [-0.2, -0.15) is 0 Å². The van der Waals surface area contributed by atoms with Crippen molar-refractivity contribution in [1.82, 2.24) is 5.32 Å². The third kappa shape index (κ3) is 4.93. The van der Waals surface area contributed by atoms with E-state index < -0.39 is 0 Å². The van der Waals surface area contributed by atoms with Gasteiger partial charge in [0.05, 0.1) is 0 Å². The molecule has 0 aromatic heterocycles. The van der Waals surface area contributed by atoms with Crippen molar-refractivity contribution in [2.24, 2.45) is 0 Å². The minimum Gasteiger partial charge on any atom is -0.316 e. The molecule has 0 bridgehead atoms. The topological polar surface area (TPSA) is 53.2 Å². The minimum atomic E-state index is -0.352. The van der Waals surface area contributed by atoms with Crippen LogP contribution in [0, 0.1) is 0 Å². The van der Waals surface area contributed by atoms with Gasteiger partial charge in [-0.05, 0) is 42.9 Å². The van der Waals surface area contributed by atoms with E-state index in [1.807, 2.05) is 31.3 Å². The predicted molar refractivity (Wildman–Crippen MR) is 88.3 cm³/mol. The van der Waals surface area contributed by atoms with Gasteiger partial charge in [0.1, 0.15) is 0 Å². The highest BCUT2D eigenvalue weighted by Gasteiger charge is 2.05. The summed E-state index contributed by atoms with van der Waals surface area (Å²) in [6.07, 6.45) is 0. The van der Waals surface area contributed by atoms with E-state index in [0.717, 1.165) is 12.1 Å². The molecule has 3 N–H and O–H groups in total. The van der Waals surface area contributed by atoms with Gasteiger partial charge >= 0.3 is 6.03 Å². The summed E-state index contributed by atoms with van der Waals surface area (Å²) in [4.78, 5) is 11.9. The number of nitrogens with one attached hydrogen (secondary N) is 3. The molecule has 0 saturated carbocycles. The van der Waals surface area contributed by atoms with E-state index in [9.17, 15) is 4.79 Å². The lowest BCUT2D eigenvalue weighted by Gasteiger charge is -2.09. The summed E-state index contributed by atoms with van der Waals surface area (Å²) in [6, 6.07) is 12.1. The van der Waals surface area contributed by atoms with Gasteiger partial charge in [-0.1, -0.05) is 35.3 Å². The SMILES string of the molecule is CNCc1cccc(NC(=O)Nc2cc(Cl)cc(Cl)c2)c1. The molecule has 2 aromatic rings. The summed E-state index contributed by atoms with van der Waals surface area (Å²) in [5, 5.41) is 9.45. The Labute approximate surface area is 133 Å². The zero-order chi connectivity index (χ0) is 15.2. The van der Waals surface area contributed by atoms with Gasteiger partial charge in [-0.3, -0.25) is 0 Å². The maximum Gasteiger partial charge on any atom is 0.323 e. The molecule has 6 heteroatoms. The maximum atomic E-state index is 11.9. The number of halogens is 2. The zero-order valence-corrected chi connectivity index (χ0v) is 12.9. The Morgan fingerprint density at radius 2 is 1.67 bits per heavy atom. The molecule has 21 heavy (non-hydrogen) atoms. The average molecular weight is 324 g/mol. The molecule has 0 atom stereocenters. The number of hydrogen-bond donors (Lipinski definition) is 3. The second-order valence-electron chi connectivity index (χ2n) is 4.47. The number of carbonyl (C=O) groups is 1. The lowest BCUT2D eigenvalue weighted by atomic mass is 10.2. The van der Waals surface area contributed by atoms with Crippen molar-refractivity contribution in [2.75, 3.05) is 17.7 Å². The zero-order valence-electron chi connectivity index (χ0n) is 11.4. The number of urea groups is 1. The molecule has 0 spiro atoms. The largest absolute Gasteiger partial charge is 0.323 e. The van der Waals surface area contributed by atoms with Crippen LogP contribution in [-0.2, 0) is 6.54 Å². The minimum absolute atomic E-state index is 0.352. The van der Waals surface area contributed by atoms with Crippen LogP contribution < -0.4 is 16.0 Å². The molecule has 0 heterocycles. The molecule has 2 rings (SSSR count). The molecule has 0 saturated heterocycles. The molecule has 2 aromatic carbocycles. The second kappa shape index (κ2) is 7.31. The molecule has 0 unspecified atom stereocenters. The van der Waals surface area contributed by atoms with Crippen LogP contribution in [0.1, 0.15) is 5.56 Å². The first-order chi connectivity index (χ1) is 10.1. The number of anilines is 2. The first-order valence-electron chi connectivity index (χ1n) is 6.34. The summed E-state index contributed by atoms with van der Waals surface area (Å²) >= 11 is 11.8. The smallest absolute Gasteiger partial charge is 0.316 e. The van der Waals surface area contributed by atoms with Crippen molar-refractivity contribution in [3.05, 3.63) is 58.1 Å². The Balaban J connectivity index is 2.02. The Morgan fingerprint density at radius 3 is 2.33 bits per heavy atom. The Bertz CT molecular complexity index is 626. The number of amides is 2. The van der Waals surface area contributed by atoms with Gasteiger partial charge in [-0.15, -0.1) is 0 Å². The van der Waals surface area contributed by atoms with Crippen molar-refractivity contribution >= 4 is 40.6 Å². The molecule has 110 valence electrons. The third-order valence-corrected chi connectivity index (χ3v) is 3.12. The highest BCUT2D eigenvalue weighted by Crippen LogP contribution is 2.22. The average Bonchev–Trinajstić information content (AvgIpc) is 2.37. The van der Waals surface area contributed by atoms with Crippen molar-refractivity contribution in [1.29, 1.82) is 0 Å². The first kappa shape index (κ1) is 15.6. The Kier molecular flexibility index (Phi) is 5.44. The maximum absolute atomic E-state index is 11.9. The monoisotopic (exact) mass is 323 g/mol. The van der Waals surface area contributed by atoms with Gasteiger partial charge in [-0.25, -0.2) is 4.79 Å². The quantitative estimate of drug-likeness (QED) is 0.783. The second-order valence-corrected chi connectivity index (χ2v) is 5.34. The van der Waals surface area contributed by atoms with Crippen LogP contribution in [0.15, 0.2) is 42.5 Å². The number of hydrogen-bond acceptors (Lipinski definition) is 2. The van der Waals surface area contributed by atoms with Crippen molar-refractivity contribution < 1.29 is 4.79 Å². The van der Waals surface area contributed by atoms with E-state index in [1.54, 1.807) is 18.2 Å². The molecule has 0 fully saturated rings. The molecule has 2 amide bonds. The van der Waals surface area contributed by atoms with E-state index in [-0.39, 0.29) is 6.03 Å². The Hall–Kier alpha value is -1.75. The van der Waals surface area contributed by atoms with Crippen LogP contribution in [0.2, 0.25) is 10.0 Å². The van der Waals surface area contributed by atoms with Crippen LogP contribution in [0.3, 0.4) is 0 Å². The Morgan fingerprint density at radius 1 is 1.00 bits per heavy atom. The van der Waals surface area contributed by atoms with Crippen LogP contribution in [0.25, 0.3) is 0 Å². The van der Waals surface area contributed by atoms with E-state index in [4.69, 9.17) is 23.2 Å². The van der Waals surface area contributed by atoms with Crippen molar-refractivity contribution in [3.63, 3.8) is 0 Å². The van der Waals surface area contributed by atoms with Gasteiger partial charge in [0.25, 0.3) is 0 Å². The van der Waals surface area contributed by atoms with E-state index in [2.05, 4.69) is 16.0 Å². The summed E-state index contributed by atoms with van der Waals surface area (Å²) < 4.78 is 0. The first-order valence-corrected chi connectivity index (χ1v) is 7.10. The van der Waals surface area contributed by atoms with Crippen LogP contribution in [0.4, 0.5) is 16.2 Å². The fourth-order valence-corrected chi connectivity index (χ4v) is 2.41. The van der Waals surface area contributed by atoms with Crippen LogP contribution in [0.5, 0.6) is 0 Å². The molecule has 4 nitrogen and oxygen atoms in total. The third-order valence-electron chi connectivity index (χ3n) is 2.69. The van der Waals surface area contributed by atoms with Crippen LogP contribution in [-0.4, -0.2) is 13.1 Å². The standard InChI is InChI=1S/C15H15Cl2N3O/c1-18-9-10-3-2-4-13(5-10)19-15(21)20-14-7-11(16)6-12(17)8-14/h2-8,18H,9H2,1H3,(H2,19,20,21). The summed E-state index contributed by atoms with van der Waals surface area (Å²) in [6.45, 7) is 0.737. The predicted octanol–water partition coefficient (Wildman–Crippen LogP) is 4.36. The van der Waals surface area contributed by atoms with Crippen molar-refractivity contribution in [2.45, 2.75) is 6.54 Å². The van der Waals surface area contributed by atoms with E-state index >= 15 is 0 Å². The van der Waals surface area contributed by atoms with Gasteiger partial charge in [0.15, 0.2) is 0 Å². The highest BCUT2D eigenvalue weighted by atomic mass is 35.5. The molecule has 0 aliphatic rings. The van der Waals surface area contributed by atoms with E-state index in [1.165, 1.54) is 0 Å².